The van der Waals surface area contributed by atoms with Crippen molar-refractivity contribution in [3.63, 3.8) is 0 Å². The Morgan fingerprint density at radius 3 is 1.92 bits per heavy atom. The smallest absolute Gasteiger partial charge is 0.239 e. The summed E-state index contributed by atoms with van der Waals surface area (Å²) >= 11 is 0. The fourth-order valence-corrected chi connectivity index (χ4v) is 1.93. The van der Waals surface area contributed by atoms with Crippen LogP contribution in [-0.2, 0) is 9.59 Å². The van der Waals surface area contributed by atoms with E-state index in [9.17, 15) is 18.4 Å². The molecule has 2 aromatic carbocycles. The van der Waals surface area contributed by atoms with E-state index in [-0.39, 0.29) is 5.69 Å². The number of hydrogen-bond donors (Lipinski definition) is 2. The van der Waals surface area contributed by atoms with Gasteiger partial charge in [-0.3, -0.25) is 9.59 Å². The molecule has 0 heterocycles. The van der Waals surface area contributed by atoms with E-state index in [0.29, 0.717) is 11.4 Å². The molecule has 0 aliphatic heterocycles. The van der Waals surface area contributed by atoms with Crippen molar-refractivity contribution in [1.82, 2.24) is 0 Å². The predicted molar refractivity (Wildman–Crippen MR) is 90.4 cm³/mol. The first-order valence-corrected chi connectivity index (χ1v) is 7.46. The highest BCUT2D eigenvalue weighted by Gasteiger charge is 2.36. The lowest BCUT2D eigenvalue weighted by molar-refractivity contribution is -0.135. The van der Waals surface area contributed by atoms with Gasteiger partial charge in [-0.25, -0.2) is 8.78 Å². The Morgan fingerprint density at radius 2 is 1.40 bits per heavy atom. The van der Waals surface area contributed by atoms with Crippen molar-refractivity contribution < 1.29 is 23.1 Å². The molecule has 0 aliphatic carbocycles. The summed E-state index contributed by atoms with van der Waals surface area (Å²) < 4.78 is 31.2. The fourth-order valence-electron chi connectivity index (χ4n) is 1.93. The number of methoxy groups -OCH3 is 1. The highest BCUT2D eigenvalue weighted by Crippen LogP contribution is 2.23. The summed E-state index contributed by atoms with van der Waals surface area (Å²) in [6.07, 6.45) is 0. The summed E-state index contributed by atoms with van der Waals surface area (Å²) in [5.74, 6) is -2.66. The van der Waals surface area contributed by atoms with Crippen LogP contribution in [0.4, 0.5) is 20.2 Å². The van der Waals surface area contributed by atoms with Crippen molar-refractivity contribution in [2.24, 2.45) is 5.41 Å². The van der Waals surface area contributed by atoms with Gasteiger partial charge < -0.3 is 15.4 Å². The molecule has 132 valence electrons. The van der Waals surface area contributed by atoms with E-state index in [0.717, 1.165) is 12.1 Å². The number of rotatable bonds is 5. The first-order chi connectivity index (χ1) is 11.7. The van der Waals surface area contributed by atoms with Crippen molar-refractivity contribution in [2.45, 2.75) is 13.8 Å². The molecule has 0 atom stereocenters. The van der Waals surface area contributed by atoms with Gasteiger partial charge in [0.15, 0.2) is 11.6 Å². The Morgan fingerprint density at radius 1 is 0.880 bits per heavy atom. The third-order valence-electron chi connectivity index (χ3n) is 3.66. The SMILES string of the molecule is COc1ccc(NC(=O)C(C)(C)C(=O)Nc2ccc(F)c(F)c2)cc1. The second-order valence-electron chi connectivity index (χ2n) is 5.89. The number of benzene rings is 2. The summed E-state index contributed by atoms with van der Waals surface area (Å²) in [4.78, 5) is 24.8. The molecule has 0 bridgehead atoms. The van der Waals surface area contributed by atoms with Crippen molar-refractivity contribution in [1.29, 1.82) is 0 Å². The number of halogens is 2. The van der Waals surface area contributed by atoms with Crippen LogP contribution in [0.2, 0.25) is 0 Å². The number of carbonyl (C=O) groups is 2. The third kappa shape index (κ3) is 4.32. The number of anilines is 2. The lowest BCUT2D eigenvalue weighted by atomic mass is 9.90. The second-order valence-corrected chi connectivity index (χ2v) is 5.89. The van der Waals surface area contributed by atoms with Crippen LogP contribution in [-0.4, -0.2) is 18.9 Å². The van der Waals surface area contributed by atoms with Gasteiger partial charge in [-0.15, -0.1) is 0 Å². The molecule has 0 unspecified atom stereocenters. The second kappa shape index (κ2) is 7.29. The van der Waals surface area contributed by atoms with Gasteiger partial charge in [0.05, 0.1) is 7.11 Å². The minimum absolute atomic E-state index is 0.0641. The van der Waals surface area contributed by atoms with Gasteiger partial charge >= 0.3 is 0 Å². The number of hydrogen-bond acceptors (Lipinski definition) is 3. The Bertz CT molecular complexity index is 789. The molecule has 2 amide bonds. The normalized spacial score (nSPS) is 10.9. The molecule has 2 aromatic rings. The van der Waals surface area contributed by atoms with E-state index in [1.807, 2.05) is 0 Å². The summed E-state index contributed by atoms with van der Waals surface area (Å²) in [6, 6.07) is 9.59. The first-order valence-electron chi connectivity index (χ1n) is 7.46. The predicted octanol–water partition coefficient (Wildman–Crippen LogP) is 3.58. The molecule has 7 heteroatoms. The number of nitrogens with one attached hydrogen (secondary N) is 2. The summed E-state index contributed by atoms with van der Waals surface area (Å²) in [5.41, 5.74) is -0.876. The fraction of sp³-hybridized carbons (Fsp3) is 0.222. The topological polar surface area (TPSA) is 67.4 Å². The van der Waals surface area contributed by atoms with Crippen LogP contribution in [0.25, 0.3) is 0 Å². The van der Waals surface area contributed by atoms with Gasteiger partial charge in [0.1, 0.15) is 11.2 Å². The molecule has 0 fully saturated rings. The van der Waals surface area contributed by atoms with Crippen LogP contribution in [0.3, 0.4) is 0 Å². The zero-order valence-corrected chi connectivity index (χ0v) is 14.0. The van der Waals surface area contributed by atoms with Crippen LogP contribution in [0.1, 0.15) is 13.8 Å². The highest BCUT2D eigenvalue weighted by molar-refractivity contribution is 6.13. The van der Waals surface area contributed by atoms with Crippen LogP contribution < -0.4 is 15.4 Å². The molecule has 2 rings (SSSR count). The molecule has 0 saturated carbocycles. The van der Waals surface area contributed by atoms with Crippen molar-refractivity contribution in [3.8, 4) is 5.75 Å². The minimum atomic E-state index is -1.44. The molecule has 0 radical (unpaired) electrons. The lowest BCUT2D eigenvalue weighted by Crippen LogP contribution is -2.41. The van der Waals surface area contributed by atoms with Crippen LogP contribution in [0.5, 0.6) is 5.75 Å². The minimum Gasteiger partial charge on any atom is -0.497 e. The third-order valence-corrected chi connectivity index (χ3v) is 3.66. The number of ether oxygens (including phenoxy) is 1. The lowest BCUT2D eigenvalue weighted by Gasteiger charge is -2.23. The molecule has 0 aromatic heterocycles. The van der Waals surface area contributed by atoms with E-state index in [1.165, 1.54) is 27.0 Å². The summed E-state index contributed by atoms with van der Waals surface area (Å²) in [5, 5.41) is 5.04. The standard InChI is InChI=1S/C18H18F2N2O3/c1-18(2,16(23)21-11-4-7-13(25-3)8-5-11)17(24)22-12-6-9-14(19)15(20)10-12/h4-10H,1-3H3,(H,21,23)(H,22,24). The maximum atomic E-state index is 13.2. The Labute approximate surface area is 144 Å². The molecule has 0 aliphatic rings. The summed E-state index contributed by atoms with van der Waals surface area (Å²) in [7, 11) is 1.53. The van der Waals surface area contributed by atoms with Gasteiger partial charge in [-0.05, 0) is 50.2 Å². The van der Waals surface area contributed by atoms with E-state index < -0.39 is 28.9 Å². The Balaban J connectivity index is 2.08. The van der Waals surface area contributed by atoms with E-state index in [1.54, 1.807) is 24.3 Å². The zero-order chi connectivity index (χ0) is 18.6. The van der Waals surface area contributed by atoms with Gasteiger partial charge in [0.2, 0.25) is 11.8 Å². The Kier molecular flexibility index (Phi) is 5.36. The number of carbonyl (C=O) groups excluding carboxylic acids is 2. The van der Waals surface area contributed by atoms with Crippen molar-refractivity contribution in [3.05, 3.63) is 54.1 Å². The molecular formula is C18H18F2N2O3. The van der Waals surface area contributed by atoms with Crippen LogP contribution in [0.15, 0.2) is 42.5 Å². The molecule has 0 saturated heterocycles. The first kappa shape index (κ1) is 18.4. The van der Waals surface area contributed by atoms with Crippen LogP contribution in [0, 0.1) is 17.0 Å². The molecular weight excluding hydrogens is 330 g/mol. The average molecular weight is 348 g/mol. The van der Waals surface area contributed by atoms with E-state index in [2.05, 4.69) is 10.6 Å². The molecule has 0 spiro atoms. The van der Waals surface area contributed by atoms with E-state index >= 15 is 0 Å². The monoisotopic (exact) mass is 348 g/mol. The van der Waals surface area contributed by atoms with Crippen molar-refractivity contribution in [2.75, 3.05) is 17.7 Å². The van der Waals surface area contributed by atoms with Crippen molar-refractivity contribution >= 4 is 23.2 Å². The molecule has 2 N–H and O–H groups in total. The number of amides is 2. The zero-order valence-electron chi connectivity index (χ0n) is 14.0. The maximum absolute atomic E-state index is 13.2. The van der Waals surface area contributed by atoms with Gasteiger partial charge in [0, 0.05) is 17.4 Å². The quantitative estimate of drug-likeness (QED) is 0.812. The maximum Gasteiger partial charge on any atom is 0.239 e. The van der Waals surface area contributed by atoms with Gasteiger partial charge in [0.25, 0.3) is 0 Å². The van der Waals surface area contributed by atoms with E-state index in [4.69, 9.17) is 4.74 Å². The van der Waals surface area contributed by atoms with Gasteiger partial charge in [-0.2, -0.15) is 0 Å². The molecule has 5 nitrogen and oxygen atoms in total. The highest BCUT2D eigenvalue weighted by atomic mass is 19.2. The largest absolute Gasteiger partial charge is 0.497 e. The summed E-state index contributed by atoms with van der Waals surface area (Å²) in [6.45, 7) is 2.86. The molecule has 25 heavy (non-hydrogen) atoms. The van der Waals surface area contributed by atoms with Crippen LogP contribution >= 0.6 is 0 Å². The Hall–Kier alpha value is -2.96. The van der Waals surface area contributed by atoms with Gasteiger partial charge in [-0.1, -0.05) is 0 Å². The average Bonchev–Trinajstić information content (AvgIpc) is 2.58.